The first kappa shape index (κ1) is 8.99. The Kier molecular flexibility index (Phi) is 2.65. The van der Waals surface area contributed by atoms with E-state index < -0.39 is 0 Å². The summed E-state index contributed by atoms with van der Waals surface area (Å²) >= 11 is 1.06. The Labute approximate surface area is 74.3 Å². The summed E-state index contributed by atoms with van der Waals surface area (Å²) in [5.41, 5.74) is 0. The molecule has 0 aromatic carbocycles. The quantitative estimate of drug-likeness (QED) is 0.757. The Morgan fingerprint density at radius 2 is 2.33 bits per heavy atom. The van der Waals surface area contributed by atoms with Gasteiger partial charge in [-0.25, -0.2) is 0 Å². The van der Waals surface area contributed by atoms with Crippen LogP contribution >= 0.6 is 11.3 Å². The lowest BCUT2D eigenvalue weighted by Gasteiger charge is -2.04. The van der Waals surface area contributed by atoms with Crippen molar-refractivity contribution in [3.63, 3.8) is 0 Å². The van der Waals surface area contributed by atoms with E-state index in [0.717, 1.165) is 11.3 Å². The molecule has 0 bridgehead atoms. The molecule has 5 heteroatoms. The molecule has 0 fully saturated rings. The number of aromatic nitrogens is 1. The van der Waals surface area contributed by atoms with Crippen molar-refractivity contribution in [2.24, 2.45) is 0 Å². The van der Waals surface area contributed by atoms with Crippen molar-refractivity contribution in [1.82, 2.24) is 10.3 Å². The smallest absolute Gasteiger partial charge is 0.281 e. The van der Waals surface area contributed by atoms with Crippen LogP contribution in [-0.2, 0) is 5.11 Å². The van der Waals surface area contributed by atoms with Crippen molar-refractivity contribution in [2.45, 2.75) is 19.9 Å². The molecule has 0 spiro atoms. The third-order valence-electron chi connectivity index (χ3n) is 1.10. The van der Waals surface area contributed by atoms with Crippen LogP contribution in [0.15, 0.2) is 5.38 Å². The van der Waals surface area contributed by atoms with Gasteiger partial charge in [-0.1, -0.05) is 0 Å². The molecule has 1 aromatic heterocycles. The second-order valence-corrected chi connectivity index (χ2v) is 3.48. The highest BCUT2D eigenvalue weighted by molar-refractivity contribution is 7.11. The summed E-state index contributed by atoms with van der Waals surface area (Å²) in [6, 6.07) is 0.0662. The van der Waals surface area contributed by atoms with Crippen LogP contribution in [0.2, 0.25) is 0 Å². The molecule has 0 saturated carbocycles. The minimum absolute atomic E-state index is 0.0662. The van der Waals surface area contributed by atoms with Gasteiger partial charge in [0.25, 0.3) is 11.8 Å². The van der Waals surface area contributed by atoms with Gasteiger partial charge >= 0.3 is 0 Å². The van der Waals surface area contributed by atoms with Gasteiger partial charge in [0.15, 0.2) is 5.01 Å². The predicted octanol–water partition coefficient (Wildman–Crippen LogP) is 1.43. The summed E-state index contributed by atoms with van der Waals surface area (Å²) in [4.78, 5) is 14.7. The fraction of sp³-hybridized carbons (Fsp3) is 0.429. The Balaban J connectivity index is 2.65. The number of nitrogens with one attached hydrogen (secondary N) is 1. The molecule has 1 amide bonds. The van der Waals surface area contributed by atoms with Gasteiger partial charge in [-0.15, -0.1) is 11.3 Å². The highest BCUT2D eigenvalue weighted by Crippen LogP contribution is 2.14. The molecule has 0 saturated heterocycles. The van der Waals surface area contributed by atoms with Crippen molar-refractivity contribution < 1.29 is 9.90 Å². The first-order valence-electron chi connectivity index (χ1n) is 3.53. The summed E-state index contributed by atoms with van der Waals surface area (Å²) in [5.74, 6) is -0.633. The maximum Gasteiger partial charge on any atom is 0.281 e. The number of amides is 1. The van der Waals surface area contributed by atoms with Gasteiger partial charge in [-0.3, -0.25) is 9.90 Å². The van der Waals surface area contributed by atoms with Gasteiger partial charge in [-0.05, 0) is 13.8 Å². The van der Waals surface area contributed by atoms with E-state index in [9.17, 15) is 9.90 Å². The summed E-state index contributed by atoms with van der Waals surface area (Å²) < 4.78 is 0. The molecule has 1 N–H and O–H groups in total. The standard InChI is InChI=1S/C7H9N2O2S/c1-4(2)8-6(11)7-9-5(10)3-12-7/h3-4H,1-2H3,(H,8,11). The van der Waals surface area contributed by atoms with Crippen molar-refractivity contribution in [3.05, 3.63) is 10.4 Å². The molecular weight excluding hydrogens is 176 g/mol. The molecule has 0 unspecified atom stereocenters. The minimum atomic E-state index is -0.353. The normalized spacial score (nSPS) is 10.2. The third-order valence-corrected chi connectivity index (χ3v) is 1.92. The van der Waals surface area contributed by atoms with Gasteiger partial charge in [0.1, 0.15) is 0 Å². The maximum absolute atomic E-state index is 11.2. The Morgan fingerprint density at radius 3 is 2.75 bits per heavy atom. The summed E-state index contributed by atoms with van der Waals surface area (Å²) in [5, 5.41) is 14.8. The minimum Gasteiger partial charge on any atom is -0.348 e. The van der Waals surface area contributed by atoms with Crippen LogP contribution in [0.5, 0.6) is 5.88 Å². The van der Waals surface area contributed by atoms with Crippen LogP contribution < -0.4 is 5.32 Å². The molecule has 0 aliphatic carbocycles. The molecule has 1 radical (unpaired) electrons. The predicted molar refractivity (Wildman–Crippen MR) is 44.8 cm³/mol. The topological polar surface area (TPSA) is 61.9 Å². The van der Waals surface area contributed by atoms with Crippen LogP contribution in [0.1, 0.15) is 23.6 Å². The first-order chi connectivity index (χ1) is 5.59. The van der Waals surface area contributed by atoms with Gasteiger partial charge in [0.05, 0.1) is 5.38 Å². The average molecular weight is 185 g/mol. The lowest BCUT2D eigenvalue weighted by molar-refractivity contribution is 0.0941. The third kappa shape index (κ3) is 2.20. The fourth-order valence-corrected chi connectivity index (χ4v) is 1.26. The van der Waals surface area contributed by atoms with Crippen molar-refractivity contribution >= 4 is 17.2 Å². The summed E-state index contributed by atoms with van der Waals surface area (Å²) in [6.07, 6.45) is 0. The van der Waals surface area contributed by atoms with Crippen LogP contribution in [-0.4, -0.2) is 16.9 Å². The van der Waals surface area contributed by atoms with Gasteiger partial charge in [0, 0.05) is 6.04 Å². The Hall–Kier alpha value is -1.10. The van der Waals surface area contributed by atoms with Crippen LogP contribution in [0.4, 0.5) is 0 Å². The molecule has 0 aliphatic rings. The zero-order valence-corrected chi connectivity index (χ0v) is 7.64. The zero-order valence-electron chi connectivity index (χ0n) is 6.83. The lowest BCUT2D eigenvalue weighted by Crippen LogP contribution is -2.29. The molecule has 0 atom stereocenters. The molecule has 0 aliphatic heterocycles. The van der Waals surface area contributed by atoms with E-state index in [-0.39, 0.29) is 22.8 Å². The zero-order chi connectivity index (χ0) is 9.14. The molecule has 1 rings (SSSR count). The number of rotatable bonds is 2. The van der Waals surface area contributed by atoms with E-state index >= 15 is 0 Å². The maximum atomic E-state index is 11.2. The molecular formula is C7H9N2O2S. The number of hydrogen-bond donors (Lipinski definition) is 1. The molecule has 12 heavy (non-hydrogen) atoms. The van der Waals surface area contributed by atoms with Crippen molar-refractivity contribution in [3.8, 4) is 5.88 Å². The van der Waals surface area contributed by atoms with Gasteiger partial charge in [-0.2, -0.15) is 4.98 Å². The second-order valence-electron chi connectivity index (χ2n) is 2.62. The number of carbonyl (C=O) groups excluding carboxylic acids is 1. The van der Waals surface area contributed by atoms with E-state index in [2.05, 4.69) is 10.3 Å². The summed E-state index contributed by atoms with van der Waals surface area (Å²) in [7, 11) is 0. The second kappa shape index (κ2) is 3.53. The first-order valence-corrected chi connectivity index (χ1v) is 4.41. The van der Waals surface area contributed by atoms with Gasteiger partial charge < -0.3 is 5.32 Å². The van der Waals surface area contributed by atoms with Crippen molar-refractivity contribution in [2.75, 3.05) is 0 Å². The molecule has 65 valence electrons. The summed E-state index contributed by atoms with van der Waals surface area (Å²) in [6.45, 7) is 3.70. The highest BCUT2D eigenvalue weighted by atomic mass is 32.1. The lowest BCUT2D eigenvalue weighted by atomic mass is 10.4. The molecule has 4 nitrogen and oxygen atoms in total. The highest BCUT2D eigenvalue weighted by Gasteiger charge is 2.11. The van der Waals surface area contributed by atoms with E-state index in [1.54, 1.807) is 0 Å². The van der Waals surface area contributed by atoms with E-state index in [1.807, 2.05) is 13.8 Å². The average Bonchev–Trinajstić information content (AvgIpc) is 2.34. The fourth-order valence-electron chi connectivity index (χ4n) is 0.687. The van der Waals surface area contributed by atoms with Crippen LogP contribution in [0.3, 0.4) is 0 Å². The molecule has 1 aromatic rings. The SMILES string of the molecule is CC(C)NC(=O)c1nc([O])cs1. The van der Waals surface area contributed by atoms with Gasteiger partial charge in [0.2, 0.25) is 0 Å². The molecule has 1 heterocycles. The monoisotopic (exact) mass is 185 g/mol. The van der Waals surface area contributed by atoms with Crippen molar-refractivity contribution in [1.29, 1.82) is 0 Å². The van der Waals surface area contributed by atoms with Crippen LogP contribution in [0.25, 0.3) is 0 Å². The number of hydrogen-bond acceptors (Lipinski definition) is 3. The largest absolute Gasteiger partial charge is 0.348 e. The number of nitrogens with zero attached hydrogens (tertiary/aromatic N) is 1. The Bertz CT molecular complexity index is 283. The van der Waals surface area contributed by atoms with Crippen LogP contribution in [0, 0.1) is 0 Å². The van der Waals surface area contributed by atoms with E-state index in [0.29, 0.717) is 0 Å². The van der Waals surface area contributed by atoms with E-state index in [1.165, 1.54) is 5.38 Å². The Morgan fingerprint density at radius 1 is 1.67 bits per heavy atom. The number of carbonyl (C=O) groups is 1. The van der Waals surface area contributed by atoms with E-state index in [4.69, 9.17) is 0 Å². The number of thiazole rings is 1.